The van der Waals surface area contributed by atoms with Gasteiger partial charge in [-0.15, -0.1) is 0 Å². The lowest BCUT2D eigenvalue weighted by Gasteiger charge is -2.47. The van der Waals surface area contributed by atoms with Crippen LogP contribution in [0.15, 0.2) is 0 Å². The van der Waals surface area contributed by atoms with Crippen LogP contribution >= 0.6 is 0 Å². The minimum absolute atomic E-state index is 0.00369. The van der Waals surface area contributed by atoms with Gasteiger partial charge in [-0.05, 0) is 33.1 Å². The molecule has 0 aromatic carbocycles. The zero-order valence-electron chi connectivity index (χ0n) is 13.1. The molecule has 1 N–H and O–H groups in total. The maximum atomic E-state index is 12.8. The Labute approximate surface area is 122 Å². The van der Waals surface area contributed by atoms with Crippen LogP contribution in [0.25, 0.3) is 0 Å². The molecule has 0 spiro atoms. The van der Waals surface area contributed by atoms with E-state index in [-0.39, 0.29) is 23.9 Å². The summed E-state index contributed by atoms with van der Waals surface area (Å²) in [5.41, 5.74) is -0.716. The Morgan fingerprint density at radius 1 is 1.15 bits per heavy atom. The molecular formula is C16H28N2O2. The summed E-state index contributed by atoms with van der Waals surface area (Å²) < 4.78 is 0. The molecule has 2 unspecified atom stereocenters. The number of nitrogens with zero attached hydrogens (tertiary/aromatic N) is 1. The molecule has 1 aliphatic carbocycles. The lowest BCUT2D eigenvalue weighted by atomic mass is 9.88. The number of piperazine rings is 1. The fraction of sp³-hybridized carbons (Fsp3) is 0.875. The van der Waals surface area contributed by atoms with E-state index >= 15 is 0 Å². The van der Waals surface area contributed by atoms with Gasteiger partial charge < -0.3 is 10.2 Å². The molecule has 2 amide bonds. The highest BCUT2D eigenvalue weighted by Gasteiger charge is 2.47. The van der Waals surface area contributed by atoms with Gasteiger partial charge in [-0.2, -0.15) is 0 Å². The van der Waals surface area contributed by atoms with Crippen LogP contribution in [0.2, 0.25) is 0 Å². The van der Waals surface area contributed by atoms with Crippen LogP contribution in [0, 0.1) is 0 Å². The van der Waals surface area contributed by atoms with Gasteiger partial charge in [0.2, 0.25) is 11.8 Å². The van der Waals surface area contributed by atoms with Gasteiger partial charge in [-0.1, -0.05) is 39.0 Å². The number of amides is 2. The van der Waals surface area contributed by atoms with Crippen molar-refractivity contribution in [3.8, 4) is 0 Å². The second kappa shape index (κ2) is 6.15. The zero-order valence-corrected chi connectivity index (χ0v) is 13.1. The van der Waals surface area contributed by atoms with E-state index in [0.717, 1.165) is 12.8 Å². The van der Waals surface area contributed by atoms with Crippen molar-refractivity contribution in [3.05, 3.63) is 0 Å². The third-order valence-corrected chi connectivity index (χ3v) is 5.08. The Bertz CT molecular complexity index is 375. The predicted octanol–water partition coefficient (Wildman–Crippen LogP) is 2.61. The van der Waals surface area contributed by atoms with Crippen LogP contribution < -0.4 is 5.32 Å². The highest BCUT2D eigenvalue weighted by molar-refractivity contribution is 5.99. The molecule has 114 valence electrons. The largest absolute Gasteiger partial charge is 0.340 e. The van der Waals surface area contributed by atoms with Crippen molar-refractivity contribution in [2.45, 2.75) is 89.8 Å². The van der Waals surface area contributed by atoms with Crippen LogP contribution in [-0.2, 0) is 9.59 Å². The van der Waals surface area contributed by atoms with Crippen molar-refractivity contribution in [3.63, 3.8) is 0 Å². The second-order valence-electron chi connectivity index (χ2n) is 6.56. The van der Waals surface area contributed by atoms with E-state index < -0.39 is 5.54 Å². The molecule has 1 aliphatic heterocycles. The summed E-state index contributed by atoms with van der Waals surface area (Å²) >= 11 is 0. The molecule has 2 rings (SSSR count). The molecule has 1 saturated carbocycles. The third-order valence-electron chi connectivity index (χ3n) is 5.08. The van der Waals surface area contributed by atoms with Crippen LogP contribution in [0.5, 0.6) is 0 Å². The molecule has 4 heteroatoms. The molecule has 2 aliphatic rings. The summed E-state index contributed by atoms with van der Waals surface area (Å²) in [5.74, 6) is 0.105. The predicted molar refractivity (Wildman–Crippen MR) is 79.3 cm³/mol. The van der Waals surface area contributed by atoms with E-state index in [1.165, 1.54) is 32.1 Å². The minimum Gasteiger partial charge on any atom is -0.340 e. The van der Waals surface area contributed by atoms with Crippen LogP contribution in [0.3, 0.4) is 0 Å². The van der Waals surface area contributed by atoms with E-state index in [4.69, 9.17) is 0 Å². The first-order chi connectivity index (χ1) is 9.49. The first-order valence-electron chi connectivity index (χ1n) is 8.14. The fourth-order valence-electron chi connectivity index (χ4n) is 3.45. The zero-order chi connectivity index (χ0) is 14.8. The van der Waals surface area contributed by atoms with E-state index in [2.05, 4.69) is 5.32 Å². The van der Waals surface area contributed by atoms with E-state index in [1.807, 2.05) is 25.7 Å². The summed E-state index contributed by atoms with van der Waals surface area (Å²) in [6.45, 7) is 5.68. The average molecular weight is 280 g/mol. The van der Waals surface area contributed by atoms with Crippen molar-refractivity contribution in [1.29, 1.82) is 0 Å². The quantitative estimate of drug-likeness (QED) is 0.845. The Morgan fingerprint density at radius 3 is 2.25 bits per heavy atom. The number of hydrogen-bond donors (Lipinski definition) is 1. The maximum Gasteiger partial charge on any atom is 0.248 e. The number of hydrogen-bond acceptors (Lipinski definition) is 2. The number of carbonyl (C=O) groups is 2. The first-order valence-corrected chi connectivity index (χ1v) is 8.14. The molecule has 2 atom stereocenters. The monoisotopic (exact) mass is 280 g/mol. The SMILES string of the molecule is CCC1(C)NC(=O)C(C)N(C2CCCCCCC2)C1=O. The van der Waals surface area contributed by atoms with E-state index in [0.29, 0.717) is 6.42 Å². The van der Waals surface area contributed by atoms with Crippen molar-refractivity contribution in [2.75, 3.05) is 0 Å². The van der Waals surface area contributed by atoms with Crippen LogP contribution in [-0.4, -0.2) is 34.3 Å². The molecular weight excluding hydrogens is 252 g/mol. The standard InChI is InChI=1S/C16H28N2O2/c1-4-16(3)15(20)18(12(2)14(19)17-16)13-10-8-6-5-7-9-11-13/h12-13H,4-11H2,1-3H3,(H,17,19). The normalized spacial score (nSPS) is 33.5. The van der Waals surface area contributed by atoms with Gasteiger partial charge in [-0.25, -0.2) is 0 Å². The Hall–Kier alpha value is -1.06. The molecule has 0 aromatic rings. The van der Waals surface area contributed by atoms with Crippen molar-refractivity contribution >= 4 is 11.8 Å². The van der Waals surface area contributed by atoms with Crippen molar-refractivity contribution < 1.29 is 9.59 Å². The summed E-state index contributed by atoms with van der Waals surface area (Å²) in [7, 11) is 0. The lowest BCUT2D eigenvalue weighted by molar-refractivity contribution is -0.157. The summed E-state index contributed by atoms with van der Waals surface area (Å²) in [5, 5.41) is 2.91. The maximum absolute atomic E-state index is 12.8. The fourth-order valence-corrected chi connectivity index (χ4v) is 3.45. The molecule has 20 heavy (non-hydrogen) atoms. The molecule has 4 nitrogen and oxygen atoms in total. The lowest BCUT2D eigenvalue weighted by Crippen LogP contribution is -2.70. The summed E-state index contributed by atoms with van der Waals surface area (Å²) in [4.78, 5) is 27.0. The van der Waals surface area contributed by atoms with Gasteiger partial charge in [-0.3, -0.25) is 9.59 Å². The smallest absolute Gasteiger partial charge is 0.248 e. The van der Waals surface area contributed by atoms with Gasteiger partial charge in [0, 0.05) is 6.04 Å². The Balaban J connectivity index is 2.21. The molecule has 0 radical (unpaired) electrons. The minimum atomic E-state index is -0.716. The Morgan fingerprint density at radius 2 is 1.70 bits per heavy atom. The van der Waals surface area contributed by atoms with Crippen molar-refractivity contribution in [2.24, 2.45) is 0 Å². The second-order valence-corrected chi connectivity index (χ2v) is 6.56. The molecule has 2 fully saturated rings. The number of nitrogens with one attached hydrogen (secondary N) is 1. The van der Waals surface area contributed by atoms with Gasteiger partial charge in [0.25, 0.3) is 0 Å². The highest BCUT2D eigenvalue weighted by Crippen LogP contribution is 2.29. The van der Waals surface area contributed by atoms with E-state index in [1.54, 1.807) is 0 Å². The van der Waals surface area contributed by atoms with Gasteiger partial charge >= 0.3 is 0 Å². The summed E-state index contributed by atoms with van der Waals surface area (Å²) in [6.07, 6.45) is 8.90. The third kappa shape index (κ3) is 2.84. The van der Waals surface area contributed by atoms with Gasteiger partial charge in [0.1, 0.15) is 11.6 Å². The van der Waals surface area contributed by atoms with Crippen LogP contribution in [0.4, 0.5) is 0 Å². The first kappa shape index (κ1) is 15.3. The van der Waals surface area contributed by atoms with Gasteiger partial charge in [0.15, 0.2) is 0 Å². The molecule has 0 bridgehead atoms. The van der Waals surface area contributed by atoms with Crippen molar-refractivity contribution in [1.82, 2.24) is 10.2 Å². The van der Waals surface area contributed by atoms with Gasteiger partial charge in [0.05, 0.1) is 0 Å². The topological polar surface area (TPSA) is 49.4 Å². The molecule has 0 aromatic heterocycles. The van der Waals surface area contributed by atoms with E-state index in [9.17, 15) is 9.59 Å². The Kier molecular flexibility index (Phi) is 4.71. The molecule has 1 saturated heterocycles. The highest BCUT2D eigenvalue weighted by atomic mass is 16.2. The van der Waals surface area contributed by atoms with Crippen LogP contribution in [0.1, 0.15) is 72.1 Å². The number of carbonyl (C=O) groups excluding carboxylic acids is 2. The summed E-state index contributed by atoms with van der Waals surface area (Å²) in [6, 6.07) is -0.0822. The average Bonchev–Trinajstić information content (AvgIpc) is 2.39. The molecule has 1 heterocycles. The number of rotatable bonds is 2.